The lowest BCUT2D eigenvalue weighted by Crippen LogP contribution is -2.19. The Bertz CT molecular complexity index is 160. The molecule has 0 amide bonds. The summed E-state index contributed by atoms with van der Waals surface area (Å²) in [7, 11) is 0. The van der Waals surface area contributed by atoms with Gasteiger partial charge in [-0.25, -0.2) is 4.79 Å². The van der Waals surface area contributed by atoms with Gasteiger partial charge >= 0.3 is 5.97 Å². The second kappa shape index (κ2) is 8.04. The van der Waals surface area contributed by atoms with Gasteiger partial charge in [0.15, 0.2) is 0 Å². The molecule has 1 unspecified atom stereocenters. The minimum atomic E-state index is -0.670. The molecule has 0 saturated carbocycles. The Morgan fingerprint density at radius 3 is 2.85 bits per heavy atom. The van der Waals surface area contributed by atoms with Crippen LogP contribution in [0.2, 0.25) is 0 Å². The highest BCUT2D eigenvalue weighted by atomic mass is 35.5. The van der Waals surface area contributed by atoms with Gasteiger partial charge in [-0.1, -0.05) is 6.58 Å². The molecule has 0 aromatic rings. The number of aliphatic hydroxyl groups is 1. The van der Waals surface area contributed by atoms with Crippen molar-refractivity contribution in [1.29, 1.82) is 0 Å². The van der Waals surface area contributed by atoms with Crippen LogP contribution in [0.5, 0.6) is 0 Å². The van der Waals surface area contributed by atoms with Crippen molar-refractivity contribution >= 4 is 17.6 Å². The predicted octanol–water partition coefficient (Wildman–Crippen LogP) is 0.332. The molecule has 0 aromatic heterocycles. The lowest BCUT2D eigenvalue weighted by molar-refractivity contribution is -0.139. The maximum atomic E-state index is 10.5. The minimum absolute atomic E-state index is 0.131. The Kier molecular flexibility index (Phi) is 7.68. The van der Waals surface area contributed by atoms with Crippen LogP contribution in [0.3, 0.4) is 0 Å². The highest BCUT2D eigenvalue weighted by Crippen LogP contribution is 1.89. The number of halogens is 1. The highest BCUT2D eigenvalue weighted by molar-refractivity contribution is 6.18. The summed E-state index contributed by atoms with van der Waals surface area (Å²) in [4.78, 5) is 10.5. The summed E-state index contributed by atoms with van der Waals surface area (Å²) >= 11 is 5.31. The van der Waals surface area contributed by atoms with E-state index in [4.69, 9.17) is 21.4 Å². The molecule has 0 radical (unpaired) electrons. The van der Waals surface area contributed by atoms with Gasteiger partial charge in [-0.3, -0.25) is 0 Å². The van der Waals surface area contributed by atoms with Crippen LogP contribution in [0.1, 0.15) is 0 Å². The number of esters is 1. The van der Waals surface area contributed by atoms with Crippen molar-refractivity contribution in [3.05, 3.63) is 12.7 Å². The summed E-state index contributed by atoms with van der Waals surface area (Å²) in [6, 6.07) is 0. The summed E-state index contributed by atoms with van der Waals surface area (Å²) < 4.78 is 9.55. The molecule has 76 valence electrons. The zero-order valence-electron chi connectivity index (χ0n) is 7.24. The molecule has 0 aliphatic rings. The van der Waals surface area contributed by atoms with Gasteiger partial charge < -0.3 is 14.6 Å². The first kappa shape index (κ1) is 12.4. The molecule has 0 spiro atoms. The zero-order valence-corrected chi connectivity index (χ0v) is 8.00. The Balaban J connectivity index is 3.17. The second-order valence-electron chi connectivity index (χ2n) is 2.25. The molecule has 0 fully saturated rings. The summed E-state index contributed by atoms with van der Waals surface area (Å²) in [5.74, 6) is -0.353. The Hall–Kier alpha value is -0.580. The SMILES string of the molecule is C=CC(=O)OCCOCC(O)CCl. The molecule has 1 N–H and O–H groups in total. The molecular formula is C8H13ClO4. The van der Waals surface area contributed by atoms with E-state index in [0.29, 0.717) is 0 Å². The van der Waals surface area contributed by atoms with Crippen molar-refractivity contribution in [1.82, 2.24) is 0 Å². The van der Waals surface area contributed by atoms with Crippen LogP contribution in [0.4, 0.5) is 0 Å². The molecule has 4 nitrogen and oxygen atoms in total. The zero-order chi connectivity index (χ0) is 10.1. The molecule has 0 bridgehead atoms. The average Bonchev–Trinajstić information content (AvgIpc) is 2.16. The van der Waals surface area contributed by atoms with Crippen molar-refractivity contribution in [3.8, 4) is 0 Å². The number of alkyl halides is 1. The van der Waals surface area contributed by atoms with Gasteiger partial charge in [0.1, 0.15) is 6.61 Å². The molecule has 13 heavy (non-hydrogen) atoms. The van der Waals surface area contributed by atoms with Crippen LogP contribution in [0, 0.1) is 0 Å². The summed E-state index contributed by atoms with van der Waals surface area (Å²) in [5.41, 5.74) is 0. The fraction of sp³-hybridized carbons (Fsp3) is 0.625. The summed E-state index contributed by atoms with van der Waals surface area (Å²) in [5, 5.41) is 8.93. The van der Waals surface area contributed by atoms with Crippen LogP contribution < -0.4 is 0 Å². The van der Waals surface area contributed by atoms with E-state index in [0.717, 1.165) is 6.08 Å². The monoisotopic (exact) mass is 208 g/mol. The predicted molar refractivity (Wildman–Crippen MR) is 48.7 cm³/mol. The van der Waals surface area contributed by atoms with Crippen molar-refractivity contribution in [2.24, 2.45) is 0 Å². The van der Waals surface area contributed by atoms with Gasteiger partial charge in [-0.2, -0.15) is 0 Å². The molecule has 0 rings (SSSR count). The van der Waals surface area contributed by atoms with Crippen LogP contribution in [-0.2, 0) is 14.3 Å². The fourth-order valence-corrected chi connectivity index (χ4v) is 0.613. The normalized spacial score (nSPS) is 12.2. The number of carbonyl (C=O) groups is 1. The van der Waals surface area contributed by atoms with Crippen molar-refractivity contribution < 1.29 is 19.4 Å². The van der Waals surface area contributed by atoms with Gasteiger partial charge in [-0.05, 0) is 0 Å². The minimum Gasteiger partial charge on any atom is -0.460 e. The molecule has 1 atom stereocenters. The highest BCUT2D eigenvalue weighted by Gasteiger charge is 2.01. The number of carbonyl (C=O) groups excluding carboxylic acids is 1. The fourth-order valence-electron chi connectivity index (χ4n) is 0.524. The lowest BCUT2D eigenvalue weighted by Gasteiger charge is -2.07. The Morgan fingerprint density at radius 2 is 2.31 bits per heavy atom. The Labute approximate surface area is 82.1 Å². The van der Waals surface area contributed by atoms with Crippen LogP contribution in [0.25, 0.3) is 0 Å². The van der Waals surface area contributed by atoms with E-state index in [-0.39, 0.29) is 25.7 Å². The standard InChI is InChI=1S/C8H13ClO4/c1-2-8(11)13-4-3-12-6-7(10)5-9/h2,7,10H,1,3-6H2. The summed E-state index contributed by atoms with van der Waals surface area (Å²) in [6.45, 7) is 3.77. The number of hydrogen-bond acceptors (Lipinski definition) is 4. The first-order valence-electron chi connectivity index (χ1n) is 3.81. The van der Waals surface area contributed by atoms with Gasteiger partial charge in [0.2, 0.25) is 0 Å². The first-order valence-corrected chi connectivity index (χ1v) is 4.35. The maximum absolute atomic E-state index is 10.5. The average molecular weight is 209 g/mol. The van der Waals surface area contributed by atoms with Gasteiger partial charge in [0.25, 0.3) is 0 Å². The lowest BCUT2D eigenvalue weighted by atomic mass is 10.4. The number of aliphatic hydroxyl groups excluding tert-OH is 1. The second-order valence-corrected chi connectivity index (χ2v) is 2.56. The van der Waals surface area contributed by atoms with E-state index >= 15 is 0 Å². The number of ether oxygens (including phenoxy) is 2. The van der Waals surface area contributed by atoms with Crippen LogP contribution in [-0.4, -0.2) is 42.9 Å². The molecule has 5 heteroatoms. The maximum Gasteiger partial charge on any atom is 0.330 e. The van der Waals surface area contributed by atoms with Crippen molar-refractivity contribution in [2.75, 3.05) is 25.7 Å². The van der Waals surface area contributed by atoms with Gasteiger partial charge in [0.05, 0.1) is 25.2 Å². The third-order valence-corrected chi connectivity index (χ3v) is 1.48. The largest absolute Gasteiger partial charge is 0.460 e. The first-order chi connectivity index (χ1) is 6.20. The van der Waals surface area contributed by atoms with Crippen LogP contribution in [0.15, 0.2) is 12.7 Å². The van der Waals surface area contributed by atoms with Crippen molar-refractivity contribution in [3.63, 3.8) is 0 Å². The Morgan fingerprint density at radius 1 is 1.62 bits per heavy atom. The molecule has 0 aromatic carbocycles. The number of rotatable bonds is 7. The van der Waals surface area contributed by atoms with E-state index < -0.39 is 12.1 Å². The van der Waals surface area contributed by atoms with E-state index in [1.54, 1.807) is 0 Å². The van der Waals surface area contributed by atoms with E-state index in [9.17, 15) is 4.79 Å². The summed E-state index contributed by atoms with van der Waals surface area (Å²) in [6.07, 6.45) is 0.407. The molecule has 0 heterocycles. The van der Waals surface area contributed by atoms with Crippen molar-refractivity contribution in [2.45, 2.75) is 6.10 Å². The van der Waals surface area contributed by atoms with Gasteiger partial charge in [-0.15, -0.1) is 11.6 Å². The number of hydrogen-bond donors (Lipinski definition) is 1. The quantitative estimate of drug-likeness (QED) is 0.284. The van der Waals surface area contributed by atoms with E-state index in [1.165, 1.54) is 0 Å². The third kappa shape index (κ3) is 7.77. The molecule has 0 saturated heterocycles. The van der Waals surface area contributed by atoms with E-state index in [2.05, 4.69) is 11.3 Å². The van der Waals surface area contributed by atoms with Gasteiger partial charge in [0, 0.05) is 6.08 Å². The third-order valence-electron chi connectivity index (χ3n) is 1.13. The smallest absolute Gasteiger partial charge is 0.330 e. The molecule has 0 aliphatic carbocycles. The topological polar surface area (TPSA) is 55.8 Å². The molecular weight excluding hydrogens is 196 g/mol. The van der Waals surface area contributed by atoms with E-state index in [1.807, 2.05) is 0 Å². The van der Waals surface area contributed by atoms with Crippen LogP contribution >= 0.6 is 11.6 Å². The molecule has 0 aliphatic heterocycles.